The van der Waals surface area contributed by atoms with Crippen molar-refractivity contribution in [2.75, 3.05) is 20.1 Å². The van der Waals surface area contributed by atoms with Crippen molar-refractivity contribution in [2.45, 2.75) is 25.4 Å². The van der Waals surface area contributed by atoms with Crippen molar-refractivity contribution in [2.24, 2.45) is 0 Å². The summed E-state index contributed by atoms with van der Waals surface area (Å²) in [5.74, 6) is -0.210. The Morgan fingerprint density at radius 1 is 1.41 bits per heavy atom. The molecule has 0 radical (unpaired) electrons. The van der Waals surface area contributed by atoms with Crippen LogP contribution in [0.15, 0.2) is 18.2 Å². The van der Waals surface area contributed by atoms with E-state index < -0.39 is 0 Å². The number of piperidine rings is 1. The highest BCUT2D eigenvalue weighted by Crippen LogP contribution is 2.18. The van der Waals surface area contributed by atoms with E-state index in [0.717, 1.165) is 31.5 Å². The summed E-state index contributed by atoms with van der Waals surface area (Å²) in [5, 5.41) is 3.79. The molecular formula is C13H18ClFN2. The first kappa shape index (κ1) is 12.8. The van der Waals surface area contributed by atoms with Gasteiger partial charge in [0.05, 0.1) is 0 Å². The van der Waals surface area contributed by atoms with Crippen LogP contribution < -0.4 is 5.32 Å². The van der Waals surface area contributed by atoms with E-state index in [0.29, 0.717) is 17.6 Å². The molecule has 0 bridgehead atoms. The van der Waals surface area contributed by atoms with Gasteiger partial charge in [0, 0.05) is 23.2 Å². The molecule has 17 heavy (non-hydrogen) atoms. The first-order valence-corrected chi connectivity index (χ1v) is 6.39. The second kappa shape index (κ2) is 5.80. The first-order valence-electron chi connectivity index (χ1n) is 6.01. The van der Waals surface area contributed by atoms with E-state index in [1.165, 1.54) is 6.07 Å². The van der Waals surface area contributed by atoms with Crippen LogP contribution in [-0.2, 0) is 6.54 Å². The van der Waals surface area contributed by atoms with E-state index in [4.69, 9.17) is 11.6 Å². The zero-order valence-corrected chi connectivity index (χ0v) is 10.8. The van der Waals surface area contributed by atoms with Crippen molar-refractivity contribution >= 4 is 11.6 Å². The number of rotatable bonds is 3. The lowest BCUT2D eigenvalue weighted by atomic mass is 10.0. The lowest BCUT2D eigenvalue weighted by Gasteiger charge is -2.31. The predicted molar refractivity (Wildman–Crippen MR) is 68.8 cm³/mol. The Bertz CT molecular complexity index is 378. The lowest BCUT2D eigenvalue weighted by Crippen LogP contribution is -2.40. The van der Waals surface area contributed by atoms with E-state index >= 15 is 0 Å². The molecule has 0 unspecified atom stereocenters. The molecule has 0 aliphatic carbocycles. The molecule has 94 valence electrons. The number of nitrogens with zero attached hydrogens (tertiary/aromatic N) is 1. The van der Waals surface area contributed by atoms with Crippen LogP contribution in [0, 0.1) is 5.82 Å². The van der Waals surface area contributed by atoms with Crippen molar-refractivity contribution in [3.05, 3.63) is 34.6 Å². The molecule has 1 saturated heterocycles. The van der Waals surface area contributed by atoms with Crippen molar-refractivity contribution in [3.8, 4) is 0 Å². The maximum atomic E-state index is 13.7. The third-order valence-corrected chi connectivity index (χ3v) is 3.60. The van der Waals surface area contributed by atoms with Gasteiger partial charge in [0.1, 0.15) is 5.82 Å². The van der Waals surface area contributed by atoms with E-state index in [1.807, 2.05) is 0 Å². The Labute approximate surface area is 107 Å². The van der Waals surface area contributed by atoms with Gasteiger partial charge in [-0.3, -0.25) is 4.90 Å². The molecule has 0 atom stereocenters. The number of hydrogen-bond acceptors (Lipinski definition) is 2. The largest absolute Gasteiger partial charge is 0.317 e. The minimum atomic E-state index is -0.210. The highest BCUT2D eigenvalue weighted by molar-refractivity contribution is 6.30. The third kappa shape index (κ3) is 3.41. The van der Waals surface area contributed by atoms with Crippen LogP contribution in [-0.4, -0.2) is 31.1 Å². The maximum absolute atomic E-state index is 13.7. The summed E-state index contributed by atoms with van der Waals surface area (Å²) in [4.78, 5) is 2.23. The van der Waals surface area contributed by atoms with Gasteiger partial charge in [-0.15, -0.1) is 0 Å². The van der Waals surface area contributed by atoms with Gasteiger partial charge in [-0.1, -0.05) is 17.7 Å². The smallest absolute Gasteiger partial charge is 0.129 e. The van der Waals surface area contributed by atoms with Crippen LogP contribution in [0.3, 0.4) is 0 Å². The van der Waals surface area contributed by atoms with Crippen molar-refractivity contribution in [1.29, 1.82) is 0 Å². The molecule has 4 heteroatoms. The molecular weight excluding hydrogens is 239 g/mol. The summed E-state index contributed by atoms with van der Waals surface area (Å²) in [6.45, 7) is 2.75. The summed E-state index contributed by atoms with van der Waals surface area (Å²) < 4.78 is 13.7. The third-order valence-electron chi connectivity index (χ3n) is 3.37. The van der Waals surface area contributed by atoms with Crippen LogP contribution in [0.1, 0.15) is 18.4 Å². The van der Waals surface area contributed by atoms with Gasteiger partial charge in [0.25, 0.3) is 0 Å². The summed E-state index contributed by atoms with van der Waals surface area (Å²) in [6.07, 6.45) is 2.26. The minimum absolute atomic E-state index is 0.210. The molecule has 1 heterocycles. The molecule has 0 amide bonds. The van der Waals surface area contributed by atoms with Crippen LogP contribution in [0.4, 0.5) is 4.39 Å². The molecule has 1 fully saturated rings. The molecule has 2 rings (SSSR count). The van der Waals surface area contributed by atoms with Crippen LogP contribution >= 0.6 is 11.6 Å². The van der Waals surface area contributed by atoms with Gasteiger partial charge < -0.3 is 5.32 Å². The Balaban J connectivity index is 1.99. The molecule has 0 saturated carbocycles. The van der Waals surface area contributed by atoms with Crippen LogP contribution in [0.2, 0.25) is 5.02 Å². The summed E-state index contributed by atoms with van der Waals surface area (Å²) >= 11 is 5.74. The average molecular weight is 257 g/mol. The Hall–Kier alpha value is -0.640. The topological polar surface area (TPSA) is 15.3 Å². The van der Waals surface area contributed by atoms with Crippen LogP contribution in [0.5, 0.6) is 0 Å². The zero-order valence-electron chi connectivity index (χ0n) is 10.0. The highest BCUT2D eigenvalue weighted by Gasteiger charge is 2.18. The molecule has 0 spiro atoms. The summed E-state index contributed by atoms with van der Waals surface area (Å²) in [5.41, 5.74) is 0.718. The van der Waals surface area contributed by atoms with Crippen molar-refractivity contribution in [3.63, 3.8) is 0 Å². The van der Waals surface area contributed by atoms with Gasteiger partial charge in [-0.05, 0) is 45.1 Å². The highest BCUT2D eigenvalue weighted by atomic mass is 35.5. The molecule has 1 aliphatic heterocycles. The van der Waals surface area contributed by atoms with Gasteiger partial charge >= 0.3 is 0 Å². The van der Waals surface area contributed by atoms with Gasteiger partial charge in [0.15, 0.2) is 0 Å². The van der Waals surface area contributed by atoms with Gasteiger partial charge in [-0.25, -0.2) is 4.39 Å². The molecule has 1 aliphatic rings. The SMILES string of the molecule is CN(Cc1ccc(Cl)cc1F)C1CCNCC1. The molecule has 1 aromatic rings. The number of nitrogens with one attached hydrogen (secondary N) is 1. The number of hydrogen-bond donors (Lipinski definition) is 1. The maximum Gasteiger partial charge on any atom is 0.129 e. The van der Waals surface area contributed by atoms with E-state index in [2.05, 4.69) is 17.3 Å². The summed E-state index contributed by atoms with van der Waals surface area (Å²) in [7, 11) is 2.06. The molecule has 1 aromatic carbocycles. The first-order chi connectivity index (χ1) is 8.16. The normalized spacial score (nSPS) is 17.6. The van der Waals surface area contributed by atoms with E-state index in [1.54, 1.807) is 12.1 Å². The Kier molecular flexibility index (Phi) is 4.37. The monoisotopic (exact) mass is 256 g/mol. The Morgan fingerprint density at radius 3 is 2.76 bits per heavy atom. The van der Waals surface area contributed by atoms with Gasteiger partial charge in [0.2, 0.25) is 0 Å². The fourth-order valence-electron chi connectivity index (χ4n) is 2.30. The Morgan fingerprint density at radius 2 is 2.12 bits per heavy atom. The molecule has 1 N–H and O–H groups in total. The lowest BCUT2D eigenvalue weighted by molar-refractivity contribution is 0.190. The minimum Gasteiger partial charge on any atom is -0.317 e. The standard InChI is InChI=1S/C13H18ClFN2/c1-17(12-4-6-16-7-5-12)9-10-2-3-11(14)8-13(10)15/h2-3,8,12,16H,4-7,9H2,1H3. The second-order valence-electron chi connectivity index (χ2n) is 4.63. The second-order valence-corrected chi connectivity index (χ2v) is 5.07. The fourth-order valence-corrected chi connectivity index (χ4v) is 2.45. The summed E-state index contributed by atoms with van der Waals surface area (Å²) in [6, 6.07) is 5.45. The van der Waals surface area contributed by atoms with Crippen molar-refractivity contribution < 1.29 is 4.39 Å². The van der Waals surface area contributed by atoms with Gasteiger partial charge in [-0.2, -0.15) is 0 Å². The van der Waals surface area contributed by atoms with E-state index in [9.17, 15) is 4.39 Å². The number of benzene rings is 1. The average Bonchev–Trinajstić information content (AvgIpc) is 2.34. The fraction of sp³-hybridized carbons (Fsp3) is 0.538. The van der Waals surface area contributed by atoms with Crippen LogP contribution in [0.25, 0.3) is 0 Å². The molecule has 2 nitrogen and oxygen atoms in total. The van der Waals surface area contributed by atoms with Crippen molar-refractivity contribution in [1.82, 2.24) is 10.2 Å². The quantitative estimate of drug-likeness (QED) is 0.895. The molecule has 0 aromatic heterocycles. The van der Waals surface area contributed by atoms with E-state index in [-0.39, 0.29) is 5.82 Å². The zero-order chi connectivity index (χ0) is 12.3. The predicted octanol–water partition coefficient (Wildman–Crippen LogP) is 2.66. The number of halogens is 2.